The van der Waals surface area contributed by atoms with Crippen LogP contribution in [0.4, 0.5) is 5.82 Å². The molecule has 2 rings (SSSR count). The van der Waals surface area contributed by atoms with Gasteiger partial charge in [-0.2, -0.15) is 4.98 Å². The first-order valence-electron chi connectivity index (χ1n) is 6.75. The van der Waals surface area contributed by atoms with Gasteiger partial charge >= 0.3 is 0 Å². The Labute approximate surface area is 119 Å². The summed E-state index contributed by atoms with van der Waals surface area (Å²) >= 11 is 0. The molecule has 20 heavy (non-hydrogen) atoms. The zero-order chi connectivity index (χ0) is 14.4. The van der Waals surface area contributed by atoms with Gasteiger partial charge in [-0.1, -0.05) is 37.3 Å². The minimum Gasteiger partial charge on any atom is -0.472 e. The number of ether oxygens (including phenoxy) is 1. The number of nitrogens with zero attached hydrogens (tertiary/aromatic N) is 2. The lowest BCUT2D eigenvalue weighted by Crippen LogP contribution is -2.14. The van der Waals surface area contributed by atoms with E-state index in [-0.39, 0.29) is 0 Å². The Hall–Kier alpha value is -2.14. The van der Waals surface area contributed by atoms with Crippen LogP contribution in [0.3, 0.4) is 0 Å². The summed E-state index contributed by atoms with van der Waals surface area (Å²) < 4.78 is 5.81. The molecule has 2 aromatic rings. The Balaban J connectivity index is 2.19. The van der Waals surface area contributed by atoms with Gasteiger partial charge in [0.15, 0.2) is 0 Å². The van der Waals surface area contributed by atoms with E-state index in [1.165, 1.54) is 0 Å². The highest BCUT2D eigenvalue weighted by Crippen LogP contribution is 2.22. The molecule has 0 fully saturated rings. The smallest absolute Gasteiger partial charge is 0.222 e. The second-order valence-corrected chi connectivity index (χ2v) is 4.59. The van der Waals surface area contributed by atoms with E-state index in [1.807, 2.05) is 37.3 Å². The van der Waals surface area contributed by atoms with Crippen LogP contribution in [0.15, 0.2) is 30.3 Å². The first kappa shape index (κ1) is 14.3. The molecule has 1 aromatic heterocycles. The second kappa shape index (κ2) is 6.86. The molecule has 0 bridgehead atoms. The predicted molar refractivity (Wildman–Crippen MR) is 79.3 cm³/mol. The third-order valence-corrected chi connectivity index (χ3v) is 2.98. The van der Waals surface area contributed by atoms with Gasteiger partial charge in [0.1, 0.15) is 18.2 Å². The van der Waals surface area contributed by atoms with Crippen molar-refractivity contribution in [3.63, 3.8) is 0 Å². The van der Waals surface area contributed by atoms with Crippen LogP contribution in [0.2, 0.25) is 0 Å². The maximum absolute atomic E-state index is 5.81. The molecular weight excluding hydrogens is 252 g/mol. The summed E-state index contributed by atoms with van der Waals surface area (Å²) in [5.41, 5.74) is 4.53. The number of hydrazine groups is 1. The van der Waals surface area contributed by atoms with Gasteiger partial charge in [0.05, 0.1) is 5.56 Å². The zero-order valence-electron chi connectivity index (χ0n) is 11.9. The normalized spacial score (nSPS) is 10.3. The fraction of sp³-hybridized carbons (Fsp3) is 0.333. The molecule has 106 valence electrons. The summed E-state index contributed by atoms with van der Waals surface area (Å²) in [5.74, 6) is 7.44. The second-order valence-electron chi connectivity index (χ2n) is 4.59. The van der Waals surface area contributed by atoms with Gasteiger partial charge in [-0.05, 0) is 18.9 Å². The van der Waals surface area contributed by atoms with E-state index in [1.54, 1.807) is 0 Å². The lowest BCUT2D eigenvalue weighted by atomic mass is 10.2. The summed E-state index contributed by atoms with van der Waals surface area (Å²) in [5, 5.41) is 0. The minimum atomic E-state index is 0.480. The number of rotatable bonds is 6. The summed E-state index contributed by atoms with van der Waals surface area (Å²) in [4.78, 5) is 8.83. The highest BCUT2D eigenvalue weighted by Gasteiger charge is 2.11. The van der Waals surface area contributed by atoms with Crippen molar-refractivity contribution in [3.05, 3.63) is 47.3 Å². The Morgan fingerprint density at radius 3 is 2.60 bits per heavy atom. The Morgan fingerprint density at radius 1 is 1.20 bits per heavy atom. The van der Waals surface area contributed by atoms with Crippen LogP contribution in [0.1, 0.15) is 30.3 Å². The van der Waals surface area contributed by atoms with Crippen LogP contribution in [0.5, 0.6) is 5.88 Å². The van der Waals surface area contributed by atoms with Crippen molar-refractivity contribution in [2.75, 3.05) is 5.43 Å². The van der Waals surface area contributed by atoms with Gasteiger partial charge < -0.3 is 10.2 Å². The number of nitrogens with one attached hydrogen (secondary N) is 1. The molecule has 0 saturated carbocycles. The Kier molecular flexibility index (Phi) is 4.90. The van der Waals surface area contributed by atoms with Crippen molar-refractivity contribution < 1.29 is 4.74 Å². The maximum atomic E-state index is 5.81. The first-order chi connectivity index (χ1) is 9.74. The van der Waals surface area contributed by atoms with E-state index in [0.717, 1.165) is 29.8 Å². The fourth-order valence-corrected chi connectivity index (χ4v) is 1.88. The van der Waals surface area contributed by atoms with Crippen molar-refractivity contribution in [1.29, 1.82) is 0 Å². The molecule has 0 aliphatic heterocycles. The molecular formula is C15H20N4O. The number of nitrogen functional groups attached to an aromatic ring is 1. The number of nitrogens with two attached hydrogens (primary N) is 1. The monoisotopic (exact) mass is 272 g/mol. The van der Waals surface area contributed by atoms with Gasteiger partial charge in [0.2, 0.25) is 5.88 Å². The number of aryl methyl sites for hydroxylation is 1. The lowest BCUT2D eigenvalue weighted by Gasteiger charge is -2.12. The lowest BCUT2D eigenvalue weighted by molar-refractivity contribution is 0.290. The number of hydrogen-bond acceptors (Lipinski definition) is 5. The van der Waals surface area contributed by atoms with E-state index < -0.39 is 0 Å². The van der Waals surface area contributed by atoms with Crippen molar-refractivity contribution >= 4 is 5.82 Å². The van der Waals surface area contributed by atoms with Crippen molar-refractivity contribution in [1.82, 2.24) is 9.97 Å². The summed E-state index contributed by atoms with van der Waals surface area (Å²) in [6.07, 6.45) is 1.78. The molecule has 5 heteroatoms. The molecule has 1 aromatic carbocycles. The summed E-state index contributed by atoms with van der Waals surface area (Å²) in [6.45, 7) is 4.46. The Morgan fingerprint density at radius 2 is 1.95 bits per heavy atom. The topological polar surface area (TPSA) is 73.1 Å². The largest absolute Gasteiger partial charge is 0.472 e. The maximum Gasteiger partial charge on any atom is 0.222 e. The number of aromatic nitrogens is 2. The molecule has 0 spiro atoms. The van der Waals surface area contributed by atoms with Crippen LogP contribution in [-0.2, 0) is 13.0 Å². The zero-order valence-corrected chi connectivity index (χ0v) is 11.9. The van der Waals surface area contributed by atoms with E-state index in [2.05, 4.69) is 22.3 Å². The average molecular weight is 272 g/mol. The number of benzene rings is 1. The predicted octanol–water partition coefficient (Wildman–Crippen LogP) is 2.60. The van der Waals surface area contributed by atoms with Gasteiger partial charge in [0.25, 0.3) is 0 Å². The van der Waals surface area contributed by atoms with Crippen LogP contribution in [0.25, 0.3) is 0 Å². The Bertz CT molecular complexity index is 557. The van der Waals surface area contributed by atoms with Crippen molar-refractivity contribution in [3.8, 4) is 5.88 Å². The van der Waals surface area contributed by atoms with Crippen molar-refractivity contribution in [2.24, 2.45) is 5.84 Å². The van der Waals surface area contributed by atoms with Crippen LogP contribution in [0, 0.1) is 6.92 Å². The minimum absolute atomic E-state index is 0.480. The molecule has 0 radical (unpaired) electrons. The van der Waals surface area contributed by atoms with Crippen LogP contribution >= 0.6 is 0 Å². The molecule has 0 atom stereocenters. The van der Waals surface area contributed by atoms with Gasteiger partial charge in [0, 0.05) is 6.42 Å². The highest BCUT2D eigenvalue weighted by molar-refractivity contribution is 5.47. The van der Waals surface area contributed by atoms with E-state index >= 15 is 0 Å². The molecule has 0 aliphatic rings. The third kappa shape index (κ3) is 3.45. The standard InChI is InChI=1S/C15H20N4O/c1-3-7-13-17-14(19-16)11(2)15(18-13)20-10-12-8-5-4-6-9-12/h4-6,8-9H,3,7,10,16H2,1-2H3,(H,17,18,19). The quantitative estimate of drug-likeness (QED) is 0.624. The van der Waals surface area contributed by atoms with Gasteiger partial charge in [-0.15, -0.1) is 0 Å². The average Bonchev–Trinajstić information content (AvgIpc) is 2.48. The SMILES string of the molecule is CCCc1nc(NN)c(C)c(OCc2ccccc2)n1. The first-order valence-corrected chi connectivity index (χ1v) is 6.75. The van der Waals surface area contributed by atoms with Crippen LogP contribution < -0.4 is 16.0 Å². The number of hydrogen-bond donors (Lipinski definition) is 2. The molecule has 0 saturated heterocycles. The van der Waals surface area contributed by atoms with E-state index in [0.29, 0.717) is 18.3 Å². The van der Waals surface area contributed by atoms with Gasteiger partial charge in [-0.3, -0.25) is 0 Å². The molecule has 0 aliphatic carbocycles. The molecule has 0 unspecified atom stereocenters. The highest BCUT2D eigenvalue weighted by atomic mass is 16.5. The van der Waals surface area contributed by atoms with E-state index in [9.17, 15) is 0 Å². The third-order valence-electron chi connectivity index (χ3n) is 2.98. The fourth-order valence-electron chi connectivity index (χ4n) is 1.88. The van der Waals surface area contributed by atoms with Gasteiger partial charge in [-0.25, -0.2) is 10.8 Å². The van der Waals surface area contributed by atoms with E-state index in [4.69, 9.17) is 10.6 Å². The molecule has 1 heterocycles. The molecule has 0 amide bonds. The summed E-state index contributed by atoms with van der Waals surface area (Å²) in [7, 11) is 0. The summed E-state index contributed by atoms with van der Waals surface area (Å²) in [6, 6.07) is 9.99. The molecule has 3 N–H and O–H groups in total. The number of anilines is 1. The molecule has 5 nitrogen and oxygen atoms in total. The van der Waals surface area contributed by atoms with Crippen LogP contribution in [-0.4, -0.2) is 9.97 Å². The van der Waals surface area contributed by atoms with Crippen molar-refractivity contribution in [2.45, 2.75) is 33.3 Å².